The van der Waals surface area contributed by atoms with Crippen molar-refractivity contribution in [2.24, 2.45) is 5.92 Å². The second kappa shape index (κ2) is 6.60. The summed E-state index contributed by atoms with van der Waals surface area (Å²) in [6.07, 6.45) is 2.27. The van der Waals surface area contributed by atoms with Crippen molar-refractivity contribution in [2.45, 2.75) is 65.0 Å². The molecule has 0 fully saturated rings. The molecule has 1 aromatic rings. The average molecular weight is 330 g/mol. The highest BCUT2D eigenvalue weighted by Gasteiger charge is 2.44. The van der Waals surface area contributed by atoms with Crippen LogP contribution >= 0.6 is 0 Å². The van der Waals surface area contributed by atoms with Crippen molar-refractivity contribution in [2.75, 3.05) is 0 Å². The van der Waals surface area contributed by atoms with E-state index in [-0.39, 0.29) is 24.1 Å². The molecule has 0 saturated carbocycles. The molecule has 0 saturated heterocycles. The van der Waals surface area contributed by atoms with Gasteiger partial charge in [-0.25, -0.2) is 4.79 Å². The van der Waals surface area contributed by atoms with Crippen LogP contribution in [0.4, 0.5) is 0 Å². The van der Waals surface area contributed by atoms with Gasteiger partial charge < -0.3 is 14.2 Å². The molecule has 0 bridgehead atoms. The molecule has 1 aromatic carbocycles. The first-order valence-corrected chi connectivity index (χ1v) is 8.70. The number of cyclic esters (lactones) is 1. The average Bonchev–Trinajstić information content (AvgIpc) is 2.51. The van der Waals surface area contributed by atoms with Gasteiger partial charge in [0.25, 0.3) is 0 Å². The van der Waals surface area contributed by atoms with E-state index in [9.17, 15) is 4.79 Å². The Morgan fingerprint density at radius 3 is 2.54 bits per heavy atom. The second-order valence-electron chi connectivity index (χ2n) is 7.38. The van der Waals surface area contributed by atoms with E-state index in [0.29, 0.717) is 12.0 Å². The zero-order chi connectivity index (χ0) is 17.3. The van der Waals surface area contributed by atoms with Crippen LogP contribution in [0.2, 0.25) is 0 Å². The van der Waals surface area contributed by atoms with Crippen LogP contribution in [0.15, 0.2) is 41.7 Å². The summed E-state index contributed by atoms with van der Waals surface area (Å²) in [5.41, 5.74) is 1.87. The van der Waals surface area contributed by atoms with Crippen molar-refractivity contribution in [1.29, 1.82) is 0 Å². The largest absolute Gasteiger partial charge is 0.456 e. The molecule has 24 heavy (non-hydrogen) atoms. The molecule has 0 spiro atoms. The predicted molar refractivity (Wildman–Crippen MR) is 91.2 cm³/mol. The van der Waals surface area contributed by atoms with E-state index in [4.69, 9.17) is 14.2 Å². The summed E-state index contributed by atoms with van der Waals surface area (Å²) in [5.74, 6) is -0.272. The van der Waals surface area contributed by atoms with E-state index in [1.807, 2.05) is 6.07 Å². The summed E-state index contributed by atoms with van der Waals surface area (Å²) in [7, 11) is 0. The van der Waals surface area contributed by atoms with Gasteiger partial charge >= 0.3 is 5.97 Å². The monoisotopic (exact) mass is 330 g/mol. The molecule has 2 heterocycles. The number of benzene rings is 1. The summed E-state index contributed by atoms with van der Waals surface area (Å²) < 4.78 is 17.6. The van der Waals surface area contributed by atoms with Gasteiger partial charge in [-0.15, -0.1) is 0 Å². The van der Waals surface area contributed by atoms with Gasteiger partial charge in [0.15, 0.2) is 0 Å². The van der Waals surface area contributed by atoms with Crippen molar-refractivity contribution in [3.05, 3.63) is 47.2 Å². The lowest BCUT2D eigenvalue weighted by molar-refractivity contribution is -0.218. The predicted octanol–water partition coefficient (Wildman–Crippen LogP) is 4.00. The Hall–Kier alpha value is -1.81. The van der Waals surface area contributed by atoms with E-state index in [0.717, 1.165) is 18.6 Å². The quantitative estimate of drug-likeness (QED) is 0.783. The molecule has 0 aliphatic carbocycles. The van der Waals surface area contributed by atoms with Gasteiger partial charge in [-0.05, 0) is 24.3 Å². The van der Waals surface area contributed by atoms with Crippen LogP contribution < -0.4 is 0 Å². The van der Waals surface area contributed by atoms with Gasteiger partial charge in [-0.1, -0.05) is 44.2 Å². The maximum Gasteiger partial charge on any atom is 0.343 e. The molecule has 4 heteroatoms. The lowest BCUT2D eigenvalue weighted by atomic mass is 9.90. The molecule has 2 aliphatic rings. The minimum Gasteiger partial charge on any atom is -0.456 e. The first kappa shape index (κ1) is 17.0. The fraction of sp³-hybridized carbons (Fsp3) is 0.550. The highest BCUT2D eigenvalue weighted by Crippen LogP contribution is 2.39. The third-order valence-corrected chi connectivity index (χ3v) is 4.47. The number of esters is 1. The van der Waals surface area contributed by atoms with Crippen LogP contribution in [0.25, 0.3) is 0 Å². The highest BCUT2D eigenvalue weighted by molar-refractivity contribution is 5.91. The Morgan fingerprint density at radius 1 is 1.17 bits per heavy atom. The number of hydrogen-bond donors (Lipinski definition) is 0. The van der Waals surface area contributed by atoms with Crippen LogP contribution in [-0.4, -0.2) is 24.0 Å². The number of ether oxygens (including phenoxy) is 3. The van der Waals surface area contributed by atoms with Gasteiger partial charge in [0.1, 0.15) is 11.3 Å². The molecule has 4 nitrogen and oxygen atoms in total. The standard InChI is InChI=1S/C20H26O4/c1-13(2)18-17-16(23-20(3,4)24-19(17)21)12-15(22-18)11-10-14-8-6-5-7-9-14/h5-9,13,15,18H,10-12H2,1-4H3/t15-,18+/m0/s1. The van der Waals surface area contributed by atoms with Gasteiger partial charge in [0.2, 0.25) is 5.79 Å². The third-order valence-electron chi connectivity index (χ3n) is 4.47. The summed E-state index contributed by atoms with van der Waals surface area (Å²) >= 11 is 0. The summed E-state index contributed by atoms with van der Waals surface area (Å²) in [5, 5.41) is 0. The van der Waals surface area contributed by atoms with Gasteiger partial charge in [-0.2, -0.15) is 0 Å². The molecule has 130 valence electrons. The van der Waals surface area contributed by atoms with Crippen LogP contribution in [0.5, 0.6) is 0 Å². The topological polar surface area (TPSA) is 44.8 Å². The molecule has 2 atom stereocenters. The Kier molecular flexibility index (Phi) is 4.68. The molecule has 0 unspecified atom stereocenters. The normalized spacial score (nSPS) is 26.0. The maximum atomic E-state index is 12.4. The second-order valence-corrected chi connectivity index (χ2v) is 7.38. The molecule has 0 aromatic heterocycles. The smallest absolute Gasteiger partial charge is 0.343 e. The third kappa shape index (κ3) is 3.64. The molecule has 0 N–H and O–H groups in total. The van der Waals surface area contributed by atoms with Gasteiger partial charge in [0, 0.05) is 20.3 Å². The molecule has 3 rings (SSSR count). The van der Waals surface area contributed by atoms with E-state index in [2.05, 4.69) is 38.1 Å². The first-order chi connectivity index (χ1) is 11.4. The summed E-state index contributed by atoms with van der Waals surface area (Å²) in [6, 6.07) is 10.4. The number of hydrogen-bond acceptors (Lipinski definition) is 4. The molecular formula is C20H26O4. The Balaban J connectivity index is 1.77. The molecule has 2 aliphatic heterocycles. The molecule has 0 amide bonds. The minimum atomic E-state index is -0.904. The van der Waals surface area contributed by atoms with Gasteiger partial charge in [-0.3, -0.25) is 0 Å². The molecule has 0 radical (unpaired) electrons. The van der Waals surface area contributed by atoms with E-state index in [1.165, 1.54) is 5.56 Å². The first-order valence-electron chi connectivity index (χ1n) is 8.70. The van der Waals surface area contributed by atoms with Gasteiger partial charge in [0.05, 0.1) is 12.2 Å². The van der Waals surface area contributed by atoms with Crippen LogP contribution in [0.3, 0.4) is 0 Å². The van der Waals surface area contributed by atoms with Crippen molar-refractivity contribution in [3.63, 3.8) is 0 Å². The van der Waals surface area contributed by atoms with Crippen LogP contribution in [0, 0.1) is 5.92 Å². The minimum absolute atomic E-state index is 0.0538. The van der Waals surface area contributed by atoms with Crippen LogP contribution in [0.1, 0.15) is 46.1 Å². The SMILES string of the molecule is CC(C)[C@H]1O[C@@H](CCc2ccccc2)CC2=C1C(=O)OC(C)(C)O2. The number of carbonyl (C=O) groups is 1. The Morgan fingerprint density at radius 2 is 1.88 bits per heavy atom. The van der Waals surface area contributed by atoms with Crippen molar-refractivity contribution in [1.82, 2.24) is 0 Å². The zero-order valence-electron chi connectivity index (χ0n) is 14.9. The fourth-order valence-corrected chi connectivity index (χ4v) is 3.35. The summed E-state index contributed by atoms with van der Waals surface area (Å²) in [6.45, 7) is 7.66. The highest BCUT2D eigenvalue weighted by atomic mass is 16.7. The van der Waals surface area contributed by atoms with E-state index < -0.39 is 5.79 Å². The van der Waals surface area contributed by atoms with E-state index in [1.54, 1.807) is 13.8 Å². The lowest BCUT2D eigenvalue weighted by Crippen LogP contribution is -2.46. The Bertz CT molecular complexity index is 630. The van der Waals surface area contributed by atoms with Crippen molar-refractivity contribution >= 4 is 5.97 Å². The summed E-state index contributed by atoms with van der Waals surface area (Å²) in [4.78, 5) is 12.4. The van der Waals surface area contributed by atoms with Crippen molar-refractivity contribution in [3.8, 4) is 0 Å². The molecular weight excluding hydrogens is 304 g/mol. The number of carbonyl (C=O) groups excluding carboxylic acids is 1. The lowest BCUT2D eigenvalue weighted by Gasteiger charge is -2.41. The maximum absolute atomic E-state index is 12.4. The van der Waals surface area contributed by atoms with E-state index >= 15 is 0 Å². The zero-order valence-corrected chi connectivity index (χ0v) is 14.9. The van der Waals surface area contributed by atoms with Crippen molar-refractivity contribution < 1.29 is 19.0 Å². The van der Waals surface area contributed by atoms with Crippen LogP contribution in [-0.2, 0) is 25.4 Å². The fourth-order valence-electron chi connectivity index (χ4n) is 3.35. The number of aryl methyl sites for hydroxylation is 1. The Labute approximate surface area is 143 Å². The number of rotatable bonds is 4.